The van der Waals surface area contributed by atoms with E-state index in [4.69, 9.17) is 9.84 Å². The summed E-state index contributed by atoms with van der Waals surface area (Å²) in [6.07, 6.45) is 4.06. The van der Waals surface area contributed by atoms with E-state index in [1.54, 1.807) is 4.57 Å². The fraction of sp³-hybridized carbons (Fsp3) is 0.412. The van der Waals surface area contributed by atoms with Crippen molar-refractivity contribution in [1.82, 2.24) is 4.57 Å². The molecule has 1 aromatic carbocycles. The van der Waals surface area contributed by atoms with Crippen molar-refractivity contribution >= 4 is 22.9 Å². The van der Waals surface area contributed by atoms with Crippen molar-refractivity contribution in [2.24, 2.45) is 0 Å². The molecular formula is C17H17FN3O6. The number of methoxy groups -OCH3 is 1. The summed E-state index contributed by atoms with van der Waals surface area (Å²) in [6.45, 7) is -0.178. The highest BCUT2D eigenvalue weighted by atomic mass is 19.1. The molecule has 9 nitrogen and oxygen atoms in total. The van der Waals surface area contributed by atoms with Crippen molar-refractivity contribution in [3.63, 3.8) is 0 Å². The van der Waals surface area contributed by atoms with E-state index in [0.29, 0.717) is 0 Å². The van der Waals surface area contributed by atoms with Crippen LogP contribution in [0.4, 0.5) is 10.1 Å². The predicted octanol–water partition coefficient (Wildman–Crippen LogP) is 1.32. The maximum absolute atomic E-state index is 14.6. The molecule has 143 valence electrons. The number of carbonyl (C=O) groups excluding carboxylic acids is 1. The molecule has 1 radical (unpaired) electrons. The fourth-order valence-electron chi connectivity index (χ4n) is 3.07. The van der Waals surface area contributed by atoms with Gasteiger partial charge in [0.2, 0.25) is 0 Å². The Morgan fingerprint density at radius 3 is 2.78 bits per heavy atom. The Morgan fingerprint density at radius 2 is 2.26 bits per heavy atom. The molecule has 10 heteroatoms. The van der Waals surface area contributed by atoms with Gasteiger partial charge in [0.15, 0.2) is 17.0 Å². The summed E-state index contributed by atoms with van der Waals surface area (Å²) < 4.78 is 21.6. The highest BCUT2D eigenvalue weighted by molar-refractivity contribution is 5.92. The number of pyridine rings is 1. The summed E-state index contributed by atoms with van der Waals surface area (Å²) in [5, 5.41) is 22.7. The molecule has 0 aliphatic heterocycles. The molecule has 2 aromatic rings. The van der Waals surface area contributed by atoms with E-state index < -0.39 is 22.2 Å². The quantitative estimate of drug-likeness (QED) is 0.524. The second-order valence-electron chi connectivity index (χ2n) is 6.17. The van der Waals surface area contributed by atoms with Crippen LogP contribution in [-0.4, -0.2) is 41.1 Å². The number of benzene rings is 1. The van der Waals surface area contributed by atoms with Crippen molar-refractivity contribution in [1.29, 1.82) is 0 Å². The van der Waals surface area contributed by atoms with Gasteiger partial charge in [-0.3, -0.25) is 19.7 Å². The van der Waals surface area contributed by atoms with E-state index in [0.717, 1.165) is 18.9 Å². The molecule has 1 aliphatic rings. The van der Waals surface area contributed by atoms with Gasteiger partial charge < -0.3 is 19.7 Å². The molecule has 1 heterocycles. The molecule has 2 N–H and O–H groups in total. The Bertz CT molecular complexity index is 970. The first-order valence-electron chi connectivity index (χ1n) is 8.25. The number of nitrogens with one attached hydrogen (secondary N) is 1. The lowest BCUT2D eigenvalue weighted by molar-refractivity contribution is -0.508. The van der Waals surface area contributed by atoms with Crippen molar-refractivity contribution in [2.45, 2.75) is 24.9 Å². The van der Waals surface area contributed by atoms with E-state index in [-0.39, 0.29) is 47.1 Å². The first kappa shape index (κ1) is 18.8. The van der Waals surface area contributed by atoms with E-state index in [1.807, 2.05) is 0 Å². The second kappa shape index (κ2) is 7.31. The number of aromatic nitrogens is 1. The van der Waals surface area contributed by atoms with Gasteiger partial charge in [-0.15, -0.1) is 0 Å². The van der Waals surface area contributed by atoms with E-state index in [1.165, 1.54) is 19.6 Å². The van der Waals surface area contributed by atoms with Crippen LogP contribution in [0.3, 0.4) is 0 Å². The standard InChI is InChI=1S/C17H17FN3O6/c1-27-17-14(19-4-5-22)12(18)6-10-15(17)20(9-2-3-9)7-11(16(10)24)13(8-23)21(25)26/h6-7,9,13,19,22H,2-5H2,1H3. The third kappa shape index (κ3) is 3.23. The lowest BCUT2D eigenvalue weighted by Crippen LogP contribution is -2.24. The lowest BCUT2D eigenvalue weighted by atomic mass is 10.0. The SMILES string of the molecule is COc1c(NCCO)c(F)cc2c(=O)c(C([C]=O)[N+](=O)[O-])cn(C3CC3)c12. The second-order valence-corrected chi connectivity index (χ2v) is 6.17. The minimum atomic E-state index is -1.95. The number of ether oxygens (including phenoxy) is 1. The Kier molecular flexibility index (Phi) is 5.08. The Balaban J connectivity index is 2.38. The summed E-state index contributed by atoms with van der Waals surface area (Å²) in [4.78, 5) is 34.1. The lowest BCUT2D eigenvalue weighted by Gasteiger charge is -2.19. The number of anilines is 1. The maximum atomic E-state index is 14.6. The van der Waals surface area contributed by atoms with Crippen molar-refractivity contribution < 1.29 is 24.0 Å². The highest BCUT2D eigenvalue weighted by Crippen LogP contribution is 2.42. The van der Waals surface area contributed by atoms with Crippen molar-refractivity contribution in [3.8, 4) is 5.75 Å². The van der Waals surface area contributed by atoms with Gasteiger partial charge in [0.1, 0.15) is 5.69 Å². The van der Waals surface area contributed by atoms with Crippen LogP contribution in [0.1, 0.15) is 30.5 Å². The molecular weight excluding hydrogens is 361 g/mol. The van der Waals surface area contributed by atoms with Gasteiger partial charge in [-0.25, -0.2) is 4.39 Å². The largest absolute Gasteiger partial charge is 0.492 e. The van der Waals surface area contributed by atoms with E-state index >= 15 is 0 Å². The zero-order valence-electron chi connectivity index (χ0n) is 14.4. The average molecular weight is 378 g/mol. The van der Waals surface area contributed by atoms with Gasteiger partial charge in [-0.2, -0.15) is 0 Å². The monoisotopic (exact) mass is 378 g/mol. The molecule has 27 heavy (non-hydrogen) atoms. The Morgan fingerprint density at radius 1 is 1.56 bits per heavy atom. The van der Waals surface area contributed by atoms with Gasteiger partial charge in [0, 0.05) is 23.7 Å². The molecule has 0 bridgehead atoms. The summed E-state index contributed by atoms with van der Waals surface area (Å²) in [5.74, 6) is -0.751. The molecule has 1 aromatic heterocycles. The van der Waals surface area contributed by atoms with Crippen LogP contribution < -0.4 is 15.5 Å². The number of aliphatic hydroxyl groups excluding tert-OH is 1. The molecule has 0 amide bonds. The molecule has 1 fully saturated rings. The number of hydrogen-bond acceptors (Lipinski definition) is 7. The third-order valence-corrected chi connectivity index (χ3v) is 4.43. The van der Waals surface area contributed by atoms with Crippen LogP contribution in [-0.2, 0) is 4.79 Å². The Hall–Kier alpha value is -3.01. The molecule has 1 atom stereocenters. The van der Waals surface area contributed by atoms with Crippen LogP contribution in [0.15, 0.2) is 17.1 Å². The first-order chi connectivity index (χ1) is 12.9. The molecule has 0 saturated heterocycles. The van der Waals surface area contributed by atoms with E-state index in [9.17, 15) is 24.1 Å². The number of fused-ring (bicyclic) bond motifs is 1. The number of halogens is 1. The fourth-order valence-corrected chi connectivity index (χ4v) is 3.07. The van der Waals surface area contributed by atoms with Gasteiger partial charge in [-0.1, -0.05) is 0 Å². The maximum Gasteiger partial charge on any atom is 0.308 e. The van der Waals surface area contributed by atoms with Crippen LogP contribution in [0.2, 0.25) is 0 Å². The molecule has 1 saturated carbocycles. The minimum Gasteiger partial charge on any atom is -0.492 e. The number of rotatable bonds is 8. The van der Waals surface area contributed by atoms with Gasteiger partial charge in [0.25, 0.3) is 6.29 Å². The predicted molar refractivity (Wildman–Crippen MR) is 94.0 cm³/mol. The van der Waals surface area contributed by atoms with Crippen molar-refractivity contribution in [2.75, 3.05) is 25.6 Å². The van der Waals surface area contributed by atoms with Crippen LogP contribution in [0, 0.1) is 15.9 Å². The molecule has 1 unspecified atom stereocenters. The zero-order chi connectivity index (χ0) is 19.7. The Labute approximate surface area is 152 Å². The summed E-state index contributed by atoms with van der Waals surface area (Å²) in [5.41, 5.74) is -0.929. The molecule has 0 spiro atoms. The molecule has 1 aliphatic carbocycles. The first-order valence-corrected chi connectivity index (χ1v) is 8.25. The third-order valence-electron chi connectivity index (χ3n) is 4.43. The van der Waals surface area contributed by atoms with Gasteiger partial charge >= 0.3 is 6.04 Å². The number of nitrogens with zero attached hydrogens (tertiary/aromatic N) is 2. The van der Waals surface area contributed by atoms with Crippen LogP contribution >= 0.6 is 0 Å². The van der Waals surface area contributed by atoms with Gasteiger partial charge in [-0.05, 0) is 18.9 Å². The smallest absolute Gasteiger partial charge is 0.308 e. The number of aliphatic hydroxyl groups is 1. The summed E-state index contributed by atoms with van der Waals surface area (Å²) in [7, 11) is 1.31. The van der Waals surface area contributed by atoms with Crippen LogP contribution in [0.25, 0.3) is 10.9 Å². The summed E-state index contributed by atoms with van der Waals surface area (Å²) >= 11 is 0. The normalized spacial score (nSPS) is 14.8. The van der Waals surface area contributed by atoms with Gasteiger partial charge in [0.05, 0.1) is 30.2 Å². The highest BCUT2D eigenvalue weighted by Gasteiger charge is 2.33. The number of hydrogen-bond donors (Lipinski definition) is 2. The topological polar surface area (TPSA) is 124 Å². The molecule has 3 rings (SSSR count). The zero-order valence-corrected chi connectivity index (χ0v) is 14.4. The number of nitro groups is 1. The van der Waals surface area contributed by atoms with Crippen LogP contribution in [0.5, 0.6) is 5.75 Å². The summed E-state index contributed by atoms with van der Waals surface area (Å²) in [6, 6.07) is -1.03. The minimum absolute atomic E-state index is 0.0200. The average Bonchev–Trinajstić information content (AvgIpc) is 3.47. The van der Waals surface area contributed by atoms with E-state index in [2.05, 4.69) is 5.32 Å². The van der Waals surface area contributed by atoms with Crippen molar-refractivity contribution in [3.05, 3.63) is 44.0 Å².